The Hall–Kier alpha value is -2.41. The van der Waals surface area contributed by atoms with Crippen LogP contribution < -0.4 is 16.4 Å². The van der Waals surface area contributed by atoms with Gasteiger partial charge in [-0.1, -0.05) is 13.8 Å². The molecule has 0 fully saturated rings. The quantitative estimate of drug-likeness (QED) is 0.436. The molecule has 176 valence electrons. The molecule has 0 unspecified atom stereocenters. The van der Waals surface area contributed by atoms with Crippen LogP contribution in [0.3, 0.4) is 0 Å². The normalized spacial score (nSPS) is 13.0. The Labute approximate surface area is 194 Å². The van der Waals surface area contributed by atoms with E-state index in [1.807, 2.05) is 13.8 Å². The highest BCUT2D eigenvalue weighted by Gasteiger charge is 2.29. The van der Waals surface area contributed by atoms with Crippen LogP contribution in [0.4, 0.5) is 0 Å². The molecule has 32 heavy (non-hydrogen) atoms. The number of thiazole rings is 2. The van der Waals surface area contributed by atoms with Gasteiger partial charge in [0.25, 0.3) is 5.91 Å². The number of nitrogens with one attached hydrogen (secondary N) is 2. The zero-order valence-electron chi connectivity index (χ0n) is 19.0. The number of methoxy groups -OCH3 is 2. The van der Waals surface area contributed by atoms with Crippen LogP contribution in [0.1, 0.15) is 73.1 Å². The van der Waals surface area contributed by atoms with Gasteiger partial charge >= 0.3 is 5.97 Å². The monoisotopic (exact) mass is 483 g/mol. The van der Waals surface area contributed by atoms with E-state index in [-0.39, 0.29) is 42.1 Å². The Morgan fingerprint density at radius 1 is 1.09 bits per heavy atom. The number of amides is 2. The number of nitrogens with zero attached hydrogens (tertiary/aromatic N) is 2. The molecule has 12 heteroatoms. The van der Waals surface area contributed by atoms with E-state index in [1.54, 1.807) is 6.92 Å². The fourth-order valence-corrected chi connectivity index (χ4v) is 5.06. The lowest BCUT2D eigenvalue weighted by Crippen LogP contribution is -2.32. The lowest BCUT2D eigenvalue weighted by atomic mass is 10.0. The van der Waals surface area contributed by atoms with Crippen molar-refractivity contribution in [3.8, 4) is 0 Å². The summed E-state index contributed by atoms with van der Waals surface area (Å²) in [6.07, 6.45) is 0.0802. The van der Waals surface area contributed by atoms with Gasteiger partial charge in [0.15, 0.2) is 5.69 Å². The highest BCUT2D eigenvalue weighted by Crippen LogP contribution is 2.31. The van der Waals surface area contributed by atoms with Crippen molar-refractivity contribution in [2.24, 2.45) is 11.7 Å². The van der Waals surface area contributed by atoms with Gasteiger partial charge in [-0.2, -0.15) is 0 Å². The minimum Gasteiger partial charge on any atom is -0.464 e. The Morgan fingerprint density at radius 3 is 2.31 bits per heavy atom. The summed E-state index contributed by atoms with van der Waals surface area (Å²) in [6, 6.07) is -1.05. The molecule has 0 spiro atoms. The topological polar surface area (TPSA) is 146 Å². The summed E-state index contributed by atoms with van der Waals surface area (Å²) in [6.45, 7) is 5.87. The fourth-order valence-electron chi connectivity index (χ4n) is 2.89. The molecular weight excluding hydrogens is 454 g/mol. The van der Waals surface area contributed by atoms with Crippen molar-refractivity contribution in [1.29, 1.82) is 0 Å². The Kier molecular flexibility index (Phi) is 9.25. The van der Waals surface area contributed by atoms with E-state index < -0.39 is 18.1 Å². The third-order valence-corrected chi connectivity index (χ3v) is 6.83. The van der Waals surface area contributed by atoms with Gasteiger partial charge in [0.05, 0.1) is 30.7 Å². The van der Waals surface area contributed by atoms with E-state index >= 15 is 0 Å². The lowest BCUT2D eigenvalue weighted by molar-refractivity contribution is -0.120. The van der Waals surface area contributed by atoms with E-state index in [2.05, 4.69) is 20.6 Å². The zero-order chi connectivity index (χ0) is 24.0. The van der Waals surface area contributed by atoms with Gasteiger partial charge in [0.2, 0.25) is 5.91 Å². The maximum Gasteiger partial charge on any atom is 0.357 e. The fraction of sp³-hybridized carbons (Fsp3) is 0.550. The number of rotatable bonds is 10. The molecular formula is C20H29N5O5S2. The molecule has 10 nitrogen and oxygen atoms in total. The molecule has 2 rings (SSSR count). The summed E-state index contributed by atoms with van der Waals surface area (Å²) < 4.78 is 9.99. The Bertz CT molecular complexity index is 972. The number of ether oxygens (including phenoxy) is 2. The number of aromatic nitrogens is 2. The predicted molar refractivity (Wildman–Crippen MR) is 122 cm³/mol. The first-order chi connectivity index (χ1) is 15.1. The van der Waals surface area contributed by atoms with E-state index in [1.165, 1.54) is 43.9 Å². The average molecular weight is 484 g/mol. The lowest BCUT2D eigenvalue weighted by Gasteiger charge is -2.20. The molecule has 0 aliphatic rings. The molecule has 0 saturated heterocycles. The second-order valence-electron chi connectivity index (χ2n) is 7.38. The smallest absolute Gasteiger partial charge is 0.357 e. The maximum absolute atomic E-state index is 13.0. The standard InChI is InChI=1S/C20H29N5O5S2/c1-9(2)14(19-25-16(20(28)30-6)12(32-19)8-29-5)23-17(27)15-10(3)31-18(24-15)11(21)7-13(26)22-4/h9,11,14H,7-8,21H2,1-6H3,(H,22,26)(H,23,27)/t11-,14-/m0/s1. The first-order valence-corrected chi connectivity index (χ1v) is 11.6. The number of nitrogens with two attached hydrogens (primary N) is 1. The SMILES string of the molecule is CNC(=O)C[C@H](N)c1nc(C(=O)N[C@H](c2nc(C(=O)OC)c(COC)s2)C(C)C)c(C)s1. The van der Waals surface area contributed by atoms with Gasteiger partial charge in [-0.15, -0.1) is 22.7 Å². The second kappa shape index (κ2) is 11.5. The van der Waals surface area contributed by atoms with Gasteiger partial charge in [0, 0.05) is 25.5 Å². The predicted octanol–water partition coefficient (Wildman–Crippen LogP) is 2.10. The average Bonchev–Trinajstić information content (AvgIpc) is 3.35. The molecule has 0 aliphatic carbocycles. The van der Waals surface area contributed by atoms with Crippen molar-refractivity contribution >= 4 is 40.5 Å². The van der Waals surface area contributed by atoms with E-state index in [9.17, 15) is 14.4 Å². The molecule has 2 atom stereocenters. The number of carbonyl (C=O) groups excluding carboxylic acids is 3. The van der Waals surface area contributed by atoms with Crippen LogP contribution in [0.5, 0.6) is 0 Å². The summed E-state index contributed by atoms with van der Waals surface area (Å²) >= 11 is 2.58. The summed E-state index contributed by atoms with van der Waals surface area (Å²) in [5, 5.41) is 6.59. The summed E-state index contributed by atoms with van der Waals surface area (Å²) in [5.74, 6) is -1.15. The highest BCUT2D eigenvalue weighted by atomic mass is 32.1. The first kappa shape index (κ1) is 25.8. The van der Waals surface area contributed by atoms with Gasteiger partial charge in [0.1, 0.15) is 15.7 Å². The number of hydrogen-bond donors (Lipinski definition) is 3. The molecule has 0 saturated carbocycles. The van der Waals surface area contributed by atoms with Crippen molar-refractivity contribution in [1.82, 2.24) is 20.6 Å². The van der Waals surface area contributed by atoms with E-state index in [4.69, 9.17) is 15.2 Å². The second-order valence-corrected chi connectivity index (χ2v) is 9.73. The van der Waals surface area contributed by atoms with Crippen molar-refractivity contribution in [3.63, 3.8) is 0 Å². The van der Waals surface area contributed by atoms with Crippen LogP contribution in [0.25, 0.3) is 0 Å². The molecule has 2 amide bonds. The van der Waals surface area contributed by atoms with Crippen molar-refractivity contribution in [2.45, 2.75) is 45.9 Å². The van der Waals surface area contributed by atoms with Crippen LogP contribution in [0.2, 0.25) is 0 Å². The maximum atomic E-state index is 13.0. The van der Waals surface area contributed by atoms with Gasteiger partial charge in [-0.25, -0.2) is 14.8 Å². The van der Waals surface area contributed by atoms with Crippen molar-refractivity contribution < 1.29 is 23.9 Å². The van der Waals surface area contributed by atoms with E-state index in [0.717, 1.165) is 0 Å². The van der Waals surface area contributed by atoms with Crippen LogP contribution in [-0.4, -0.2) is 49.0 Å². The zero-order valence-corrected chi connectivity index (χ0v) is 20.6. The third-order valence-electron chi connectivity index (χ3n) is 4.62. The molecule has 2 aromatic rings. The van der Waals surface area contributed by atoms with Gasteiger partial charge < -0.3 is 25.8 Å². The first-order valence-electron chi connectivity index (χ1n) is 9.94. The van der Waals surface area contributed by atoms with Crippen molar-refractivity contribution in [2.75, 3.05) is 21.3 Å². The largest absolute Gasteiger partial charge is 0.464 e. The molecule has 2 heterocycles. The Balaban J connectivity index is 2.28. The summed E-state index contributed by atoms with van der Waals surface area (Å²) in [4.78, 5) is 46.9. The molecule has 0 aliphatic heterocycles. The number of hydrogen-bond acceptors (Lipinski definition) is 10. The van der Waals surface area contributed by atoms with Crippen LogP contribution >= 0.6 is 22.7 Å². The molecule has 2 aromatic heterocycles. The Morgan fingerprint density at radius 2 is 1.75 bits per heavy atom. The highest BCUT2D eigenvalue weighted by molar-refractivity contribution is 7.12. The number of esters is 1. The van der Waals surface area contributed by atoms with Gasteiger partial charge in [-0.3, -0.25) is 9.59 Å². The van der Waals surface area contributed by atoms with E-state index in [0.29, 0.717) is 19.8 Å². The third kappa shape index (κ3) is 6.09. The molecule has 0 radical (unpaired) electrons. The number of aryl methyl sites for hydroxylation is 1. The van der Waals surface area contributed by atoms with Crippen molar-refractivity contribution in [3.05, 3.63) is 31.2 Å². The van der Waals surface area contributed by atoms with Crippen LogP contribution in [-0.2, 0) is 20.9 Å². The summed E-state index contributed by atoms with van der Waals surface area (Å²) in [7, 11) is 4.35. The van der Waals surface area contributed by atoms with Gasteiger partial charge in [-0.05, 0) is 12.8 Å². The molecule has 0 aromatic carbocycles. The van der Waals surface area contributed by atoms with Crippen LogP contribution in [0.15, 0.2) is 0 Å². The molecule has 0 bridgehead atoms. The minimum absolute atomic E-state index is 0.0140. The van der Waals surface area contributed by atoms with Crippen LogP contribution in [0, 0.1) is 12.8 Å². The molecule has 4 N–H and O–H groups in total. The summed E-state index contributed by atoms with van der Waals surface area (Å²) in [5.41, 5.74) is 6.51. The number of carbonyl (C=O) groups is 3. The minimum atomic E-state index is -0.598.